The van der Waals surface area contributed by atoms with E-state index in [0.717, 1.165) is 5.71 Å². The van der Waals surface area contributed by atoms with Gasteiger partial charge in [0.05, 0.1) is 12.1 Å². The number of rotatable bonds is 1. The van der Waals surface area contributed by atoms with Gasteiger partial charge in [-0.05, 0) is 12.3 Å². The first-order valence-corrected chi connectivity index (χ1v) is 3.54. The molecule has 1 saturated carbocycles. The Morgan fingerprint density at radius 1 is 1.70 bits per heavy atom. The largest absolute Gasteiger partial charge is 0.340 e. The quantitative estimate of drug-likeness (QED) is 0.507. The summed E-state index contributed by atoms with van der Waals surface area (Å²) in [7, 11) is 0. The van der Waals surface area contributed by atoms with Gasteiger partial charge >= 0.3 is 5.97 Å². The molecular formula is C7H9NO2. The van der Waals surface area contributed by atoms with E-state index in [2.05, 4.69) is 16.9 Å². The number of carbonyl (C=O) groups excluding carboxylic acids is 1. The lowest BCUT2D eigenvalue weighted by molar-refractivity contribution is -0.140. The van der Waals surface area contributed by atoms with Gasteiger partial charge in [-0.25, -0.2) is 4.79 Å². The van der Waals surface area contributed by atoms with E-state index in [9.17, 15) is 4.79 Å². The van der Waals surface area contributed by atoms with Crippen molar-refractivity contribution >= 4 is 11.7 Å². The molecule has 0 spiro atoms. The Hall–Kier alpha value is -0.860. The zero-order valence-corrected chi connectivity index (χ0v) is 5.83. The SMILES string of the molecule is CC1CC1C1=NOC(=O)C1. The van der Waals surface area contributed by atoms with Crippen molar-refractivity contribution in [3.8, 4) is 0 Å². The van der Waals surface area contributed by atoms with Crippen molar-refractivity contribution in [3.05, 3.63) is 0 Å². The second kappa shape index (κ2) is 1.81. The van der Waals surface area contributed by atoms with Gasteiger partial charge < -0.3 is 4.84 Å². The molecule has 3 nitrogen and oxygen atoms in total. The summed E-state index contributed by atoms with van der Waals surface area (Å²) >= 11 is 0. The van der Waals surface area contributed by atoms with E-state index in [4.69, 9.17) is 0 Å². The lowest BCUT2D eigenvalue weighted by Gasteiger charge is -1.87. The van der Waals surface area contributed by atoms with Crippen LogP contribution in [0, 0.1) is 11.8 Å². The molecule has 1 aliphatic carbocycles. The van der Waals surface area contributed by atoms with Crippen LogP contribution in [0.4, 0.5) is 0 Å². The number of hydrogen-bond donors (Lipinski definition) is 0. The standard InChI is InChI=1S/C7H9NO2/c1-4-2-5(4)6-3-7(9)10-8-6/h4-5H,2-3H2,1H3. The minimum Gasteiger partial charge on any atom is -0.318 e. The van der Waals surface area contributed by atoms with Gasteiger partial charge in [0, 0.05) is 5.92 Å². The molecule has 2 aliphatic rings. The van der Waals surface area contributed by atoms with Crippen molar-refractivity contribution in [1.29, 1.82) is 0 Å². The molecule has 2 rings (SSSR count). The smallest absolute Gasteiger partial charge is 0.318 e. The Bertz CT molecular complexity index is 210. The van der Waals surface area contributed by atoms with Gasteiger partial charge in [0.2, 0.25) is 0 Å². The molecule has 0 aromatic heterocycles. The highest BCUT2D eigenvalue weighted by molar-refractivity contribution is 6.04. The first-order valence-electron chi connectivity index (χ1n) is 3.54. The monoisotopic (exact) mass is 139 g/mol. The Kier molecular flexibility index (Phi) is 1.07. The van der Waals surface area contributed by atoms with Gasteiger partial charge in [-0.1, -0.05) is 12.1 Å². The van der Waals surface area contributed by atoms with Crippen molar-refractivity contribution in [3.63, 3.8) is 0 Å². The zero-order valence-electron chi connectivity index (χ0n) is 5.83. The molecule has 0 saturated heterocycles. The third-order valence-corrected chi connectivity index (χ3v) is 2.13. The molecule has 54 valence electrons. The summed E-state index contributed by atoms with van der Waals surface area (Å²) in [5, 5.41) is 3.70. The van der Waals surface area contributed by atoms with E-state index in [1.807, 2.05) is 0 Å². The molecule has 0 aromatic rings. The second-order valence-electron chi connectivity index (χ2n) is 3.04. The average molecular weight is 139 g/mol. The third-order valence-electron chi connectivity index (χ3n) is 2.13. The second-order valence-corrected chi connectivity index (χ2v) is 3.04. The van der Waals surface area contributed by atoms with E-state index >= 15 is 0 Å². The molecule has 2 unspecified atom stereocenters. The highest BCUT2D eigenvalue weighted by Crippen LogP contribution is 2.40. The van der Waals surface area contributed by atoms with E-state index in [-0.39, 0.29) is 5.97 Å². The van der Waals surface area contributed by atoms with Crippen molar-refractivity contribution in [2.45, 2.75) is 19.8 Å². The minimum atomic E-state index is -0.200. The number of carbonyl (C=O) groups is 1. The Morgan fingerprint density at radius 3 is 2.80 bits per heavy atom. The third kappa shape index (κ3) is 0.818. The number of hydrogen-bond acceptors (Lipinski definition) is 3. The fourth-order valence-corrected chi connectivity index (χ4v) is 1.31. The van der Waals surface area contributed by atoms with E-state index in [1.54, 1.807) is 0 Å². The van der Waals surface area contributed by atoms with Crippen LogP contribution >= 0.6 is 0 Å². The fourth-order valence-electron chi connectivity index (χ4n) is 1.31. The molecule has 1 fully saturated rings. The van der Waals surface area contributed by atoms with Crippen molar-refractivity contribution < 1.29 is 9.63 Å². The summed E-state index contributed by atoms with van der Waals surface area (Å²) in [6.07, 6.45) is 1.60. The summed E-state index contributed by atoms with van der Waals surface area (Å²) in [5.74, 6) is 1.06. The maximum Gasteiger partial charge on any atom is 0.340 e. The summed E-state index contributed by atoms with van der Waals surface area (Å²) < 4.78 is 0. The van der Waals surface area contributed by atoms with Crippen LogP contribution in [0.15, 0.2) is 5.16 Å². The molecule has 3 heteroatoms. The fraction of sp³-hybridized carbons (Fsp3) is 0.714. The summed E-state index contributed by atoms with van der Waals surface area (Å²) in [5.41, 5.74) is 0.956. The predicted molar refractivity (Wildman–Crippen MR) is 35.4 cm³/mol. The van der Waals surface area contributed by atoms with Gasteiger partial charge in [0.1, 0.15) is 0 Å². The maximum atomic E-state index is 10.6. The van der Waals surface area contributed by atoms with E-state index in [0.29, 0.717) is 18.3 Å². The van der Waals surface area contributed by atoms with E-state index in [1.165, 1.54) is 6.42 Å². The van der Waals surface area contributed by atoms with Gasteiger partial charge in [-0.2, -0.15) is 0 Å². The number of nitrogens with zero attached hydrogens (tertiary/aromatic N) is 1. The Balaban J connectivity index is 2.01. The summed E-state index contributed by atoms with van der Waals surface area (Å²) in [6.45, 7) is 2.16. The van der Waals surface area contributed by atoms with Crippen LogP contribution < -0.4 is 0 Å². The van der Waals surface area contributed by atoms with Crippen LogP contribution in [0.2, 0.25) is 0 Å². The molecule has 0 aromatic carbocycles. The highest BCUT2D eigenvalue weighted by Gasteiger charge is 2.40. The van der Waals surface area contributed by atoms with Gasteiger partial charge in [0.15, 0.2) is 0 Å². The van der Waals surface area contributed by atoms with Gasteiger partial charge in [-0.3, -0.25) is 0 Å². The van der Waals surface area contributed by atoms with Gasteiger partial charge in [0.25, 0.3) is 0 Å². The molecule has 0 bridgehead atoms. The molecule has 10 heavy (non-hydrogen) atoms. The lowest BCUT2D eigenvalue weighted by atomic mass is 10.1. The average Bonchev–Trinajstić information content (AvgIpc) is 2.42. The molecule has 2 atom stereocenters. The van der Waals surface area contributed by atoms with Gasteiger partial charge in [-0.15, -0.1) is 0 Å². The van der Waals surface area contributed by atoms with Crippen LogP contribution in [-0.4, -0.2) is 11.7 Å². The molecular weight excluding hydrogens is 130 g/mol. The van der Waals surface area contributed by atoms with Crippen LogP contribution in [0.25, 0.3) is 0 Å². The summed E-state index contributed by atoms with van der Waals surface area (Å²) in [6, 6.07) is 0. The first-order chi connectivity index (χ1) is 4.77. The normalized spacial score (nSPS) is 37.3. The van der Waals surface area contributed by atoms with E-state index < -0.39 is 0 Å². The molecule has 1 heterocycles. The first kappa shape index (κ1) is 5.89. The van der Waals surface area contributed by atoms with Crippen LogP contribution in [0.1, 0.15) is 19.8 Å². The van der Waals surface area contributed by atoms with Crippen molar-refractivity contribution in [2.75, 3.05) is 0 Å². The number of oxime groups is 1. The van der Waals surface area contributed by atoms with Crippen LogP contribution in [0.5, 0.6) is 0 Å². The minimum absolute atomic E-state index is 0.200. The molecule has 1 aliphatic heterocycles. The summed E-state index contributed by atoms with van der Waals surface area (Å²) in [4.78, 5) is 15.0. The Labute approximate surface area is 59.0 Å². The zero-order chi connectivity index (χ0) is 7.14. The Morgan fingerprint density at radius 2 is 2.40 bits per heavy atom. The highest BCUT2D eigenvalue weighted by atomic mass is 16.7. The molecule has 0 N–H and O–H groups in total. The predicted octanol–water partition coefficient (Wildman–Crippen LogP) is 0.945. The molecule has 0 radical (unpaired) electrons. The van der Waals surface area contributed by atoms with Crippen molar-refractivity contribution in [2.24, 2.45) is 17.0 Å². The van der Waals surface area contributed by atoms with Crippen LogP contribution in [-0.2, 0) is 9.63 Å². The molecule has 0 amide bonds. The maximum absolute atomic E-state index is 10.6. The van der Waals surface area contributed by atoms with Crippen molar-refractivity contribution in [1.82, 2.24) is 0 Å². The lowest BCUT2D eigenvalue weighted by Crippen LogP contribution is -2.01. The topological polar surface area (TPSA) is 38.7 Å². The van der Waals surface area contributed by atoms with Crippen LogP contribution in [0.3, 0.4) is 0 Å².